The van der Waals surface area contributed by atoms with Crippen LogP contribution in [0, 0.1) is 5.41 Å². The van der Waals surface area contributed by atoms with E-state index in [1.54, 1.807) is 10.4 Å². The number of amidine groups is 1. The van der Waals surface area contributed by atoms with E-state index in [9.17, 15) is 15.3 Å². The SMILES string of the molecule is CCCC1(Cl)Nc2c(ncn2[C@@H]2O[C@H](CO)[C@@H](O)[C@H]2O)C(=N)N1Sc1nc2ccc(N)cc2s1. The Kier molecular flexibility index (Phi) is 6.13. The first-order valence-electron chi connectivity index (χ1n) is 10.6. The van der Waals surface area contributed by atoms with E-state index >= 15 is 0 Å². The molecule has 3 aromatic rings. The molecule has 5 rings (SSSR count). The second-order valence-corrected chi connectivity index (χ2v) is 11.0. The van der Waals surface area contributed by atoms with Gasteiger partial charge < -0.3 is 31.1 Å². The van der Waals surface area contributed by atoms with Crippen LogP contribution in [0.1, 0.15) is 31.7 Å². The van der Waals surface area contributed by atoms with Gasteiger partial charge in [-0.05, 0) is 18.2 Å². The lowest BCUT2D eigenvalue weighted by atomic mass is 10.1. The van der Waals surface area contributed by atoms with Gasteiger partial charge in [-0.25, -0.2) is 9.97 Å². The van der Waals surface area contributed by atoms with Crippen LogP contribution in [0.5, 0.6) is 0 Å². The summed E-state index contributed by atoms with van der Waals surface area (Å²) >= 11 is 9.76. The lowest BCUT2D eigenvalue weighted by Gasteiger charge is -2.43. The Hall–Kier alpha value is -2.13. The maximum absolute atomic E-state index is 10.5. The lowest BCUT2D eigenvalue weighted by Crippen LogP contribution is -2.53. The van der Waals surface area contributed by atoms with Gasteiger partial charge in [-0.2, -0.15) is 0 Å². The van der Waals surface area contributed by atoms with Crippen molar-refractivity contribution in [1.82, 2.24) is 18.8 Å². The van der Waals surface area contributed by atoms with Gasteiger partial charge >= 0.3 is 0 Å². The second-order valence-electron chi connectivity index (χ2n) is 8.15. The maximum Gasteiger partial charge on any atom is 0.200 e. The molecule has 7 N–H and O–H groups in total. The molecule has 0 spiro atoms. The second kappa shape index (κ2) is 8.82. The zero-order chi connectivity index (χ0) is 24.2. The van der Waals surface area contributed by atoms with Crippen LogP contribution in [0.15, 0.2) is 28.9 Å². The molecule has 4 heterocycles. The fourth-order valence-electron chi connectivity index (χ4n) is 4.12. The predicted molar refractivity (Wildman–Crippen MR) is 131 cm³/mol. The van der Waals surface area contributed by atoms with E-state index in [0.717, 1.165) is 10.2 Å². The summed E-state index contributed by atoms with van der Waals surface area (Å²) in [6, 6.07) is 5.50. The molecule has 182 valence electrons. The molecule has 2 aromatic heterocycles. The van der Waals surface area contributed by atoms with E-state index in [-0.39, 0.29) is 5.84 Å². The highest BCUT2D eigenvalue weighted by Gasteiger charge is 2.48. The molecule has 0 amide bonds. The van der Waals surface area contributed by atoms with Crippen molar-refractivity contribution >= 4 is 62.4 Å². The molecule has 0 saturated carbocycles. The van der Waals surface area contributed by atoms with Gasteiger partial charge in [-0.15, -0.1) is 11.3 Å². The molecule has 34 heavy (non-hydrogen) atoms. The molecule has 11 nitrogen and oxygen atoms in total. The van der Waals surface area contributed by atoms with Crippen LogP contribution < -0.4 is 11.1 Å². The molecule has 2 aliphatic heterocycles. The summed E-state index contributed by atoms with van der Waals surface area (Å²) < 4.78 is 10.4. The standard InChI is InChI=1S/C20H24ClN7O4S2/c1-2-5-20(21)26-17-13(24-8-27(17)18-15(31)14(30)11(7-29)32-18)16(23)28(20)34-19-25-10-4-3-9(22)6-12(10)33-19/h3-4,6,8,11,14-15,18,23,26,29-31H,2,5,7,22H2,1H3/t11-,14-,15-,18-,20?/m1/s1. The Bertz CT molecular complexity index is 1240. The number of hydrogen-bond acceptors (Lipinski definition) is 11. The third-order valence-corrected chi connectivity index (χ3v) is 8.55. The molecule has 1 fully saturated rings. The molecule has 1 aromatic carbocycles. The number of aromatic nitrogens is 3. The first-order chi connectivity index (χ1) is 16.3. The summed E-state index contributed by atoms with van der Waals surface area (Å²) in [5, 5.41) is 41.1. The number of anilines is 2. The van der Waals surface area contributed by atoms with Crippen LogP contribution in [0.25, 0.3) is 10.2 Å². The molecule has 14 heteroatoms. The molecule has 5 atom stereocenters. The molecular weight excluding hydrogens is 502 g/mol. The van der Waals surface area contributed by atoms with Crippen molar-refractivity contribution in [3.63, 3.8) is 0 Å². The highest BCUT2D eigenvalue weighted by atomic mass is 35.5. The molecule has 0 radical (unpaired) electrons. The number of benzene rings is 1. The zero-order valence-corrected chi connectivity index (χ0v) is 20.4. The highest BCUT2D eigenvalue weighted by Crippen LogP contribution is 2.45. The zero-order valence-electron chi connectivity index (χ0n) is 18.1. The lowest BCUT2D eigenvalue weighted by molar-refractivity contribution is -0.0520. The van der Waals surface area contributed by atoms with Crippen LogP contribution in [0.3, 0.4) is 0 Å². The van der Waals surface area contributed by atoms with Gasteiger partial charge in [0.2, 0.25) is 5.12 Å². The number of nitrogens with one attached hydrogen (secondary N) is 2. The van der Waals surface area contributed by atoms with Gasteiger partial charge in [0.15, 0.2) is 16.4 Å². The van der Waals surface area contributed by atoms with Gasteiger partial charge in [0.1, 0.15) is 29.8 Å². The van der Waals surface area contributed by atoms with E-state index in [1.165, 1.54) is 34.2 Å². The topological polar surface area (TPSA) is 166 Å². The molecule has 1 saturated heterocycles. The van der Waals surface area contributed by atoms with Crippen LogP contribution in [0.4, 0.5) is 11.5 Å². The number of thiazole rings is 1. The minimum Gasteiger partial charge on any atom is -0.399 e. The third kappa shape index (κ3) is 3.81. The number of nitrogens with two attached hydrogens (primary N) is 1. The Morgan fingerprint density at radius 3 is 2.88 bits per heavy atom. The molecule has 0 bridgehead atoms. The largest absolute Gasteiger partial charge is 0.399 e. The number of rotatable bonds is 6. The van der Waals surface area contributed by atoms with Crippen LogP contribution in [-0.4, -0.2) is 70.0 Å². The van der Waals surface area contributed by atoms with E-state index in [4.69, 9.17) is 27.5 Å². The Labute approximate surface area is 208 Å². The van der Waals surface area contributed by atoms with Crippen LogP contribution in [-0.2, 0) is 4.74 Å². The number of aliphatic hydroxyl groups excluding tert-OH is 3. The number of fused-ring (bicyclic) bond motifs is 2. The van der Waals surface area contributed by atoms with Gasteiger partial charge in [0, 0.05) is 24.1 Å². The van der Waals surface area contributed by atoms with Crippen molar-refractivity contribution in [2.45, 2.75) is 53.8 Å². The summed E-state index contributed by atoms with van der Waals surface area (Å²) in [6.45, 7) is 1.54. The van der Waals surface area contributed by atoms with Crippen molar-refractivity contribution in [2.75, 3.05) is 17.7 Å². The number of nitrogens with zero attached hydrogens (tertiary/aromatic N) is 4. The smallest absolute Gasteiger partial charge is 0.200 e. The number of nitrogen functional groups attached to an aromatic ring is 1. The number of alkyl halides is 1. The molecule has 1 unspecified atom stereocenters. The van der Waals surface area contributed by atoms with Crippen molar-refractivity contribution in [3.8, 4) is 0 Å². The summed E-state index contributed by atoms with van der Waals surface area (Å²) in [6.07, 6.45) is -1.86. The minimum absolute atomic E-state index is 0.0615. The summed E-state index contributed by atoms with van der Waals surface area (Å²) in [5.74, 6) is 0.448. The quantitative estimate of drug-likeness (QED) is 0.121. The molecule has 2 aliphatic rings. The predicted octanol–water partition coefficient (Wildman–Crippen LogP) is 2.14. The fourth-order valence-corrected chi connectivity index (χ4v) is 6.73. The monoisotopic (exact) mass is 525 g/mol. The van der Waals surface area contributed by atoms with Crippen LogP contribution in [0.2, 0.25) is 0 Å². The first-order valence-corrected chi connectivity index (χ1v) is 12.6. The van der Waals surface area contributed by atoms with E-state index in [2.05, 4.69) is 15.3 Å². The number of ether oxygens (including phenoxy) is 1. The Morgan fingerprint density at radius 1 is 1.38 bits per heavy atom. The minimum atomic E-state index is -1.29. The van der Waals surface area contributed by atoms with Crippen LogP contribution >= 0.6 is 34.9 Å². The fraction of sp³-hybridized carbons (Fsp3) is 0.450. The van der Waals surface area contributed by atoms with Gasteiger partial charge in [0.05, 0.1) is 23.2 Å². The molecular formula is C20H24ClN7O4S2. The average molecular weight is 526 g/mol. The average Bonchev–Trinajstić information content (AvgIpc) is 3.47. The number of aliphatic hydroxyl groups is 3. The highest BCUT2D eigenvalue weighted by molar-refractivity contribution is 7.99. The van der Waals surface area contributed by atoms with E-state index in [1.807, 2.05) is 19.1 Å². The van der Waals surface area contributed by atoms with Gasteiger partial charge in [-0.3, -0.25) is 14.3 Å². The Morgan fingerprint density at radius 2 is 2.18 bits per heavy atom. The normalized spacial score (nSPS) is 29.0. The maximum atomic E-state index is 10.5. The number of imidazole rings is 1. The number of hydrogen-bond donors (Lipinski definition) is 6. The van der Waals surface area contributed by atoms with Gasteiger partial charge in [0.25, 0.3) is 0 Å². The number of halogens is 1. The molecule has 0 aliphatic carbocycles. The summed E-state index contributed by atoms with van der Waals surface area (Å²) in [5.41, 5.74) is 7.66. The van der Waals surface area contributed by atoms with Crippen molar-refractivity contribution in [1.29, 1.82) is 5.41 Å². The van der Waals surface area contributed by atoms with E-state index in [0.29, 0.717) is 34.4 Å². The summed E-state index contributed by atoms with van der Waals surface area (Å²) in [7, 11) is 0. The van der Waals surface area contributed by atoms with Crippen molar-refractivity contribution in [3.05, 3.63) is 30.2 Å². The summed E-state index contributed by atoms with van der Waals surface area (Å²) in [4.78, 5) is 9.00. The van der Waals surface area contributed by atoms with Gasteiger partial charge in [-0.1, -0.05) is 24.9 Å². The van der Waals surface area contributed by atoms with Crippen molar-refractivity contribution < 1.29 is 20.1 Å². The van der Waals surface area contributed by atoms with E-state index < -0.39 is 36.3 Å². The third-order valence-electron chi connectivity index (χ3n) is 5.79. The Balaban J connectivity index is 1.49. The first kappa shape index (κ1) is 23.6. The van der Waals surface area contributed by atoms with Crippen molar-refractivity contribution in [2.24, 2.45) is 0 Å².